The first-order valence-electron chi connectivity index (χ1n) is 10.5. The summed E-state index contributed by atoms with van der Waals surface area (Å²) in [5.74, 6) is -1.43. The molecule has 0 atom stereocenters. The minimum atomic E-state index is -0.717. The van der Waals surface area contributed by atoms with Gasteiger partial charge < -0.3 is 10.2 Å². The lowest BCUT2D eigenvalue weighted by Gasteiger charge is -2.22. The summed E-state index contributed by atoms with van der Waals surface area (Å²) in [4.78, 5) is 21.7. The van der Waals surface area contributed by atoms with Gasteiger partial charge in [0.1, 0.15) is 0 Å². The van der Waals surface area contributed by atoms with Crippen LogP contribution in [0.4, 0.5) is 0 Å². The van der Waals surface area contributed by atoms with Crippen molar-refractivity contribution in [2.45, 2.75) is 91.9 Å². The van der Waals surface area contributed by atoms with Crippen LogP contribution < -0.4 is 0 Å². The molecule has 0 aromatic heterocycles. The number of benzene rings is 1. The summed E-state index contributed by atoms with van der Waals surface area (Å²) in [6.45, 7) is 8.11. The van der Waals surface area contributed by atoms with E-state index in [1.165, 1.54) is 11.1 Å². The Morgan fingerprint density at radius 1 is 0.679 bits per heavy atom. The van der Waals surface area contributed by atoms with Crippen molar-refractivity contribution in [1.82, 2.24) is 0 Å². The van der Waals surface area contributed by atoms with E-state index in [2.05, 4.69) is 24.3 Å². The number of carboxylic acids is 2. The molecule has 0 amide bonds. The van der Waals surface area contributed by atoms with Gasteiger partial charge in [-0.05, 0) is 60.5 Å². The van der Waals surface area contributed by atoms with Gasteiger partial charge in [0.05, 0.1) is 12.8 Å². The molecule has 28 heavy (non-hydrogen) atoms. The largest absolute Gasteiger partial charge is 0.481 e. The highest BCUT2D eigenvalue weighted by Gasteiger charge is 2.21. The van der Waals surface area contributed by atoms with Gasteiger partial charge in [0.2, 0.25) is 0 Å². The molecule has 4 heteroatoms. The molecule has 0 spiro atoms. The zero-order valence-corrected chi connectivity index (χ0v) is 18.1. The summed E-state index contributed by atoms with van der Waals surface area (Å²) >= 11 is 0. The summed E-state index contributed by atoms with van der Waals surface area (Å²) < 4.78 is 0. The Kier molecular flexibility index (Phi) is 9.71. The van der Waals surface area contributed by atoms with E-state index in [0.717, 1.165) is 51.4 Å². The number of hydrogen-bond donors (Lipinski definition) is 2. The van der Waals surface area contributed by atoms with Crippen molar-refractivity contribution in [3.05, 3.63) is 35.4 Å². The Labute approximate surface area is 170 Å². The van der Waals surface area contributed by atoms with Gasteiger partial charge >= 0.3 is 11.9 Å². The normalized spacial score (nSPS) is 12.1. The van der Waals surface area contributed by atoms with Gasteiger partial charge in [-0.1, -0.05) is 64.8 Å². The number of carbonyl (C=O) groups is 2. The van der Waals surface area contributed by atoms with Crippen LogP contribution in [-0.4, -0.2) is 22.2 Å². The molecule has 158 valence electrons. The SMILES string of the molecule is CC(C)(CCCCc1ccc(CCCCC(C)(C)CC(=O)O)cc1)CC(=O)O. The van der Waals surface area contributed by atoms with Crippen LogP contribution in [0.15, 0.2) is 24.3 Å². The average molecular weight is 391 g/mol. The molecule has 0 heterocycles. The maximum atomic E-state index is 10.9. The Morgan fingerprint density at radius 3 is 1.29 bits per heavy atom. The number of rotatable bonds is 14. The molecule has 0 aliphatic rings. The summed E-state index contributed by atoms with van der Waals surface area (Å²) in [7, 11) is 0. The topological polar surface area (TPSA) is 74.6 Å². The van der Waals surface area contributed by atoms with E-state index in [1.807, 2.05) is 27.7 Å². The molecule has 0 saturated heterocycles. The minimum Gasteiger partial charge on any atom is -0.481 e. The quantitative estimate of drug-likeness (QED) is 0.376. The fraction of sp³-hybridized carbons (Fsp3) is 0.667. The first-order chi connectivity index (χ1) is 13.0. The maximum Gasteiger partial charge on any atom is 0.303 e. The number of aliphatic carboxylic acids is 2. The molecular formula is C24H38O4. The van der Waals surface area contributed by atoms with Crippen LogP contribution in [0.25, 0.3) is 0 Å². The third kappa shape index (κ3) is 11.1. The van der Waals surface area contributed by atoms with Crippen LogP contribution >= 0.6 is 0 Å². The standard InChI is InChI=1S/C24H38O4/c1-23(2,17-21(25)26)15-7-5-9-19-11-13-20(14-12-19)10-6-8-16-24(3,4)18-22(27)28/h11-14H,5-10,15-18H2,1-4H3,(H,25,26)(H,27,28). The van der Waals surface area contributed by atoms with E-state index < -0.39 is 11.9 Å². The minimum absolute atomic E-state index is 0.130. The highest BCUT2D eigenvalue weighted by molar-refractivity contribution is 5.67. The summed E-state index contributed by atoms with van der Waals surface area (Å²) in [6.07, 6.45) is 8.68. The van der Waals surface area contributed by atoms with E-state index in [1.54, 1.807) is 0 Å². The molecule has 1 aromatic rings. The molecule has 0 unspecified atom stereocenters. The molecule has 2 N–H and O–H groups in total. The van der Waals surface area contributed by atoms with Crippen molar-refractivity contribution in [2.24, 2.45) is 10.8 Å². The first-order valence-corrected chi connectivity index (χ1v) is 10.5. The fourth-order valence-electron chi connectivity index (χ4n) is 3.73. The Morgan fingerprint density at radius 2 is 1.00 bits per heavy atom. The zero-order valence-electron chi connectivity index (χ0n) is 18.1. The van der Waals surface area contributed by atoms with Gasteiger partial charge in [0.15, 0.2) is 0 Å². The van der Waals surface area contributed by atoms with Crippen molar-refractivity contribution in [3.63, 3.8) is 0 Å². The molecule has 1 rings (SSSR count). The van der Waals surface area contributed by atoms with Crippen molar-refractivity contribution in [3.8, 4) is 0 Å². The molecule has 0 radical (unpaired) electrons. The van der Waals surface area contributed by atoms with Gasteiger partial charge in [0, 0.05) is 0 Å². The van der Waals surface area contributed by atoms with Crippen LogP contribution in [0, 0.1) is 10.8 Å². The molecule has 0 saturated carbocycles. The lowest BCUT2D eigenvalue weighted by atomic mass is 9.83. The van der Waals surface area contributed by atoms with Crippen molar-refractivity contribution in [2.75, 3.05) is 0 Å². The highest BCUT2D eigenvalue weighted by atomic mass is 16.4. The fourth-order valence-corrected chi connectivity index (χ4v) is 3.73. The summed E-state index contributed by atoms with van der Waals surface area (Å²) in [5.41, 5.74) is 2.41. The second-order valence-electron chi connectivity index (χ2n) is 9.70. The van der Waals surface area contributed by atoms with Crippen LogP contribution in [-0.2, 0) is 22.4 Å². The Bertz CT molecular complexity index is 559. The Balaban J connectivity index is 2.27. The number of aryl methyl sites for hydroxylation is 2. The van der Waals surface area contributed by atoms with Gasteiger partial charge in [-0.2, -0.15) is 0 Å². The summed E-state index contributed by atoms with van der Waals surface area (Å²) in [6, 6.07) is 8.80. The van der Waals surface area contributed by atoms with Crippen LogP contribution in [0.1, 0.15) is 90.2 Å². The van der Waals surface area contributed by atoms with Crippen molar-refractivity contribution >= 4 is 11.9 Å². The van der Waals surface area contributed by atoms with Crippen molar-refractivity contribution < 1.29 is 19.8 Å². The van der Waals surface area contributed by atoms with E-state index in [0.29, 0.717) is 0 Å². The first kappa shape index (κ1) is 24.2. The second-order valence-corrected chi connectivity index (χ2v) is 9.70. The van der Waals surface area contributed by atoms with Crippen LogP contribution in [0.3, 0.4) is 0 Å². The molecule has 0 aliphatic carbocycles. The molecular weight excluding hydrogens is 352 g/mol. The van der Waals surface area contributed by atoms with E-state index in [4.69, 9.17) is 10.2 Å². The number of hydrogen-bond acceptors (Lipinski definition) is 2. The predicted octanol–water partition coefficient (Wildman–Crippen LogP) is 6.11. The predicted molar refractivity (Wildman–Crippen MR) is 114 cm³/mol. The van der Waals surface area contributed by atoms with E-state index in [-0.39, 0.29) is 23.7 Å². The zero-order chi connectivity index (χ0) is 21.2. The van der Waals surface area contributed by atoms with Crippen LogP contribution in [0.5, 0.6) is 0 Å². The summed E-state index contributed by atoms with van der Waals surface area (Å²) in [5, 5.41) is 17.9. The monoisotopic (exact) mass is 390 g/mol. The Hall–Kier alpha value is -1.84. The van der Waals surface area contributed by atoms with Gasteiger partial charge in [-0.3, -0.25) is 9.59 Å². The molecule has 0 aliphatic heterocycles. The lowest BCUT2D eigenvalue weighted by Crippen LogP contribution is -2.16. The average Bonchev–Trinajstić information content (AvgIpc) is 2.54. The van der Waals surface area contributed by atoms with Crippen LogP contribution in [0.2, 0.25) is 0 Å². The van der Waals surface area contributed by atoms with Gasteiger partial charge in [-0.25, -0.2) is 0 Å². The van der Waals surface area contributed by atoms with E-state index in [9.17, 15) is 9.59 Å². The maximum absolute atomic E-state index is 10.9. The van der Waals surface area contributed by atoms with E-state index >= 15 is 0 Å². The molecule has 0 bridgehead atoms. The third-order valence-corrected chi connectivity index (χ3v) is 5.42. The molecule has 1 aromatic carbocycles. The highest BCUT2D eigenvalue weighted by Crippen LogP contribution is 2.28. The second kappa shape index (κ2) is 11.2. The van der Waals surface area contributed by atoms with Gasteiger partial charge in [-0.15, -0.1) is 0 Å². The third-order valence-electron chi connectivity index (χ3n) is 5.42. The smallest absolute Gasteiger partial charge is 0.303 e. The number of unbranched alkanes of at least 4 members (excludes halogenated alkanes) is 2. The molecule has 0 fully saturated rings. The number of carboxylic acid groups (broad SMARTS) is 2. The van der Waals surface area contributed by atoms with Crippen molar-refractivity contribution in [1.29, 1.82) is 0 Å². The molecule has 4 nitrogen and oxygen atoms in total. The van der Waals surface area contributed by atoms with Gasteiger partial charge in [0.25, 0.3) is 0 Å². The lowest BCUT2D eigenvalue weighted by molar-refractivity contribution is -0.140.